The van der Waals surface area contributed by atoms with Crippen molar-refractivity contribution in [1.29, 1.82) is 0 Å². The second-order valence-corrected chi connectivity index (χ2v) is 17.3. The van der Waals surface area contributed by atoms with Crippen molar-refractivity contribution >= 4 is 11.8 Å². The lowest BCUT2D eigenvalue weighted by molar-refractivity contribution is -0.122. The van der Waals surface area contributed by atoms with Gasteiger partial charge in [-0.15, -0.1) is 0 Å². The molecule has 0 aliphatic rings. The molecule has 2 aromatic carbocycles. The average molecular weight is 850 g/mol. The fraction of sp³-hybridized carbons (Fsp3) is 0.736. The van der Waals surface area contributed by atoms with Crippen molar-refractivity contribution in [3.8, 4) is 17.2 Å². The summed E-state index contributed by atoms with van der Waals surface area (Å²) < 4.78 is 19.5. The van der Waals surface area contributed by atoms with Crippen molar-refractivity contribution in [3.63, 3.8) is 0 Å². The second kappa shape index (κ2) is 38.4. The van der Waals surface area contributed by atoms with Crippen molar-refractivity contribution in [3.05, 3.63) is 53.6 Å². The Balaban J connectivity index is 2.06. The van der Waals surface area contributed by atoms with E-state index in [1.54, 1.807) is 12.1 Å². The zero-order valence-electron chi connectivity index (χ0n) is 39.5. The van der Waals surface area contributed by atoms with Crippen LogP contribution in [-0.4, -0.2) is 44.7 Å². The van der Waals surface area contributed by atoms with Crippen LogP contribution in [0.25, 0.3) is 0 Å². The number of benzene rings is 2. The number of rotatable bonds is 42. The van der Waals surface area contributed by atoms with Gasteiger partial charge in [-0.05, 0) is 37.0 Å². The Bertz CT molecular complexity index is 1290. The molecule has 61 heavy (non-hydrogen) atoms. The fourth-order valence-electron chi connectivity index (χ4n) is 7.76. The highest BCUT2D eigenvalue weighted by Crippen LogP contribution is 2.40. The van der Waals surface area contributed by atoms with Gasteiger partial charge in [0, 0.05) is 18.7 Å². The number of carbonyl (C=O) groups excluding carboxylic acids is 2. The van der Waals surface area contributed by atoms with Gasteiger partial charge in [-0.25, -0.2) is 0 Å². The normalized spacial score (nSPS) is 11.7. The lowest BCUT2D eigenvalue weighted by Gasteiger charge is -2.19. The molecular weight excluding hydrogens is 759 g/mol. The van der Waals surface area contributed by atoms with E-state index in [-0.39, 0.29) is 24.9 Å². The molecule has 0 spiro atoms. The molecule has 1 atom stereocenters. The summed E-state index contributed by atoms with van der Waals surface area (Å²) in [5, 5.41) is 5.83. The third kappa shape index (κ3) is 27.4. The van der Waals surface area contributed by atoms with Crippen molar-refractivity contribution in [2.45, 2.75) is 219 Å². The maximum Gasteiger partial charge on any atom is 0.251 e. The Kier molecular flexibility index (Phi) is 33.9. The standard InChI is InChI=1S/C53H91N3O5/c1-4-7-10-13-16-19-22-25-28-34-41-59-48-44-47(52(57)55-39-40-56-53(58)50(54)46-37-32-31-33-38-46)45-49(60-42-35-29-26-23-20-17-14-11-8-5-2)51(48)61-43-36-30-27-24-21-18-15-12-9-6-3/h31-33,37-38,44-45,50H,4-30,34-36,39-43,54H2,1-3H3,(H,55,57)(H,56,58)/t50-/m0/s1. The summed E-state index contributed by atoms with van der Waals surface area (Å²) in [6.45, 7) is 9.01. The minimum absolute atomic E-state index is 0.254. The van der Waals surface area contributed by atoms with E-state index in [0.29, 0.717) is 42.6 Å². The van der Waals surface area contributed by atoms with Crippen LogP contribution in [0.1, 0.15) is 235 Å². The summed E-state index contributed by atoms with van der Waals surface area (Å²) in [6, 6.07) is 12.1. The minimum Gasteiger partial charge on any atom is -0.490 e. The number of hydrogen-bond donors (Lipinski definition) is 3. The van der Waals surface area contributed by atoms with Crippen molar-refractivity contribution in [2.24, 2.45) is 5.73 Å². The maximum absolute atomic E-state index is 13.6. The molecule has 2 rings (SSSR count). The van der Waals surface area contributed by atoms with Crippen molar-refractivity contribution in [2.75, 3.05) is 32.9 Å². The van der Waals surface area contributed by atoms with E-state index >= 15 is 0 Å². The van der Waals surface area contributed by atoms with Crippen molar-refractivity contribution < 1.29 is 23.8 Å². The quantitative estimate of drug-likeness (QED) is 0.0574. The van der Waals surface area contributed by atoms with Crippen LogP contribution in [-0.2, 0) is 4.79 Å². The number of carbonyl (C=O) groups is 2. The molecular formula is C53H91N3O5. The van der Waals surface area contributed by atoms with Crippen LogP contribution in [0, 0.1) is 0 Å². The summed E-state index contributed by atoms with van der Waals surface area (Å²) in [6.07, 6.45) is 37.7. The molecule has 0 radical (unpaired) electrons. The number of ether oxygens (including phenoxy) is 3. The highest BCUT2D eigenvalue weighted by molar-refractivity contribution is 5.95. The lowest BCUT2D eigenvalue weighted by Crippen LogP contribution is -2.39. The van der Waals surface area contributed by atoms with E-state index < -0.39 is 6.04 Å². The van der Waals surface area contributed by atoms with Crippen LogP contribution in [0.3, 0.4) is 0 Å². The average Bonchev–Trinajstić information content (AvgIpc) is 3.28. The first kappa shape index (κ1) is 53.9. The van der Waals surface area contributed by atoms with Crippen LogP contribution in [0.2, 0.25) is 0 Å². The Labute approximate surface area is 374 Å². The van der Waals surface area contributed by atoms with Gasteiger partial charge in [0.25, 0.3) is 5.91 Å². The van der Waals surface area contributed by atoms with Crippen LogP contribution >= 0.6 is 0 Å². The van der Waals surface area contributed by atoms with Gasteiger partial charge in [-0.3, -0.25) is 9.59 Å². The lowest BCUT2D eigenvalue weighted by atomic mass is 10.1. The molecule has 0 heterocycles. The predicted octanol–water partition coefficient (Wildman–Crippen LogP) is 14.1. The van der Waals surface area contributed by atoms with Gasteiger partial charge in [0.05, 0.1) is 19.8 Å². The first-order valence-corrected chi connectivity index (χ1v) is 25.4. The summed E-state index contributed by atoms with van der Waals surface area (Å²) in [4.78, 5) is 26.3. The fourth-order valence-corrected chi connectivity index (χ4v) is 7.76. The summed E-state index contributed by atoms with van der Waals surface area (Å²) in [5.74, 6) is 1.20. The molecule has 4 N–H and O–H groups in total. The van der Waals surface area contributed by atoms with Gasteiger partial charge in [0.15, 0.2) is 11.5 Å². The van der Waals surface area contributed by atoms with E-state index in [1.807, 2.05) is 30.3 Å². The van der Waals surface area contributed by atoms with Gasteiger partial charge in [-0.1, -0.05) is 224 Å². The molecule has 0 unspecified atom stereocenters. The highest BCUT2D eigenvalue weighted by atomic mass is 16.5. The Morgan fingerprint density at radius 2 is 0.820 bits per heavy atom. The van der Waals surface area contributed by atoms with E-state index in [2.05, 4.69) is 31.4 Å². The topological polar surface area (TPSA) is 112 Å². The van der Waals surface area contributed by atoms with Crippen LogP contribution in [0.15, 0.2) is 42.5 Å². The number of unbranched alkanes of at least 4 members (excludes halogenated alkanes) is 27. The van der Waals surface area contributed by atoms with Gasteiger partial charge in [0.1, 0.15) is 6.04 Å². The van der Waals surface area contributed by atoms with E-state index in [1.165, 1.54) is 154 Å². The van der Waals surface area contributed by atoms with Crippen LogP contribution in [0.5, 0.6) is 17.2 Å². The Morgan fingerprint density at radius 1 is 0.475 bits per heavy atom. The number of nitrogens with one attached hydrogen (secondary N) is 2. The van der Waals surface area contributed by atoms with E-state index in [0.717, 1.165) is 44.1 Å². The molecule has 8 nitrogen and oxygen atoms in total. The van der Waals surface area contributed by atoms with E-state index in [9.17, 15) is 9.59 Å². The molecule has 0 saturated carbocycles. The molecule has 0 aromatic heterocycles. The van der Waals surface area contributed by atoms with Gasteiger partial charge in [0.2, 0.25) is 11.7 Å². The van der Waals surface area contributed by atoms with Gasteiger partial charge in [-0.2, -0.15) is 0 Å². The van der Waals surface area contributed by atoms with Crippen molar-refractivity contribution in [1.82, 2.24) is 10.6 Å². The predicted molar refractivity (Wildman–Crippen MR) is 257 cm³/mol. The Hall–Kier alpha value is -3.26. The first-order valence-electron chi connectivity index (χ1n) is 25.4. The Morgan fingerprint density at radius 3 is 1.21 bits per heavy atom. The van der Waals surface area contributed by atoms with Crippen LogP contribution in [0.4, 0.5) is 0 Å². The third-order valence-corrected chi connectivity index (χ3v) is 11.7. The molecule has 0 fully saturated rings. The van der Waals surface area contributed by atoms with Crippen LogP contribution < -0.4 is 30.6 Å². The molecule has 348 valence electrons. The first-order chi connectivity index (χ1) is 30.0. The summed E-state index contributed by atoms with van der Waals surface area (Å²) in [7, 11) is 0. The van der Waals surface area contributed by atoms with E-state index in [4.69, 9.17) is 19.9 Å². The SMILES string of the molecule is CCCCCCCCCCCCOc1cc(C(=O)NCCNC(=O)[C@@H](N)c2ccccc2)cc(OCCCCCCCCCCCC)c1OCCCCCCCCCCCC. The van der Waals surface area contributed by atoms with Gasteiger partial charge >= 0.3 is 0 Å². The molecule has 0 saturated heterocycles. The largest absolute Gasteiger partial charge is 0.490 e. The second-order valence-electron chi connectivity index (χ2n) is 17.3. The molecule has 0 bridgehead atoms. The van der Waals surface area contributed by atoms with Gasteiger partial charge < -0.3 is 30.6 Å². The zero-order chi connectivity index (χ0) is 43.9. The zero-order valence-corrected chi connectivity index (χ0v) is 39.5. The molecule has 8 heteroatoms. The number of nitrogens with two attached hydrogens (primary N) is 1. The molecule has 2 amide bonds. The smallest absolute Gasteiger partial charge is 0.251 e. The number of hydrogen-bond acceptors (Lipinski definition) is 6. The monoisotopic (exact) mass is 850 g/mol. The maximum atomic E-state index is 13.6. The molecule has 0 aliphatic carbocycles. The minimum atomic E-state index is -0.768. The summed E-state index contributed by atoms with van der Waals surface area (Å²) in [5.41, 5.74) is 7.37. The number of amides is 2. The molecule has 0 aliphatic heterocycles. The highest BCUT2D eigenvalue weighted by Gasteiger charge is 2.20. The molecule has 2 aromatic rings. The third-order valence-electron chi connectivity index (χ3n) is 11.7. The summed E-state index contributed by atoms with van der Waals surface area (Å²) >= 11 is 0.